The molecule has 0 aromatic heterocycles. The Hall–Kier alpha value is -0.0126. The van der Waals surface area contributed by atoms with Crippen LogP contribution >= 0.6 is 0 Å². The van der Waals surface area contributed by atoms with E-state index in [1.54, 1.807) is 13.8 Å². The summed E-state index contributed by atoms with van der Waals surface area (Å²) >= 11 is 0. The summed E-state index contributed by atoms with van der Waals surface area (Å²) in [4.78, 5) is 10.2. The van der Waals surface area contributed by atoms with Crippen molar-refractivity contribution >= 4 is 5.97 Å². The molecule has 0 aromatic rings. The predicted molar refractivity (Wildman–Crippen MR) is 50.3 cm³/mol. The summed E-state index contributed by atoms with van der Waals surface area (Å²) < 4.78 is 9.44. The Labute approximate surface area is 98.1 Å². The van der Waals surface area contributed by atoms with Gasteiger partial charge < -0.3 is 21.5 Å². The maximum atomic E-state index is 10.2. The van der Waals surface area contributed by atoms with Crippen LogP contribution in [0.25, 0.3) is 0 Å². The molecule has 0 saturated heterocycles. The number of carboxylic acids is 1. The van der Waals surface area contributed by atoms with Gasteiger partial charge in [0.1, 0.15) is 0 Å². The second-order valence-corrected chi connectivity index (χ2v) is 2.08. The van der Waals surface area contributed by atoms with Gasteiger partial charge in [-0.3, -0.25) is 0 Å². The van der Waals surface area contributed by atoms with Gasteiger partial charge in [0.15, 0.2) is 0 Å². The number of hydrogen-bond donors (Lipinski definition) is 1. The first-order valence-corrected chi connectivity index (χ1v) is 4.39. The minimum atomic E-state index is -1.10. The van der Waals surface area contributed by atoms with E-state index in [1.165, 1.54) is 0 Å². The van der Waals surface area contributed by atoms with Crippen molar-refractivity contribution in [2.75, 3.05) is 13.2 Å². The van der Waals surface area contributed by atoms with E-state index in [9.17, 15) is 4.79 Å². The summed E-state index contributed by atoms with van der Waals surface area (Å²) in [5, 5.41) is 8.39. The molecule has 0 radical (unpaired) electrons. The topological polar surface area (TPSA) is 55.8 Å². The van der Waals surface area contributed by atoms with Crippen molar-refractivity contribution in [3.05, 3.63) is 6.92 Å². The number of rotatable bonds is 5. The molecule has 0 aliphatic rings. The third-order valence-electron chi connectivity index (χ3n) is 0.838. The molecule has 0 bridgehead atoms. The van der Waals surface area contributed by atoms with Gasteiger partial charge >= 0.3 is 24.8 Å². The molecule has 0 aromatic carbocycles. The SMILES string of the molecule is CCOC(OCC)C(=O)O.[CH2-]CC.[Li+]. The first-order chi connectivity index (χ1) is 6.13. The largest absolute Gasteiger partial charge is 1.00 e. The molecule has 80 valence electrons. The summed E-state index contributed by atoms with van der Waals surface area (Å²) in [6.07, 6.45) is -0.102. The standard InChI is InChI=1S/C6H12O4.C3H7.Li/c1-3-9-6(5(7)8)10-4-2;1-3-2;/h6H,3-4H2,1-2H3,(H,7,8);1,3H2,2H3;/q;-1;+1. The van der Waals surface area contributed by atoms with Crippen LogP contribution in [0, 0.1) is 6.92 Å². The molecule has 0 aliphatic carbocycles. The summed E-state index contributed by atoms with van der Waals surface area (Å²) in [5.41, 5.74) is 0. The second kappa shape index (κ2) is 15.5. The zero-order chi connectivity index (χ0) is 10.7. The van der Waals surface area contributed by atoms with E-state index in [2.05, 4.69) is 6.92 Å². The first-order valence-electron chi connectivity index (χ1n) is 4.39. The predicted octanol–water partition coefficient (Wildman–Crippen LogP) is -1.30. The Morgan fingerprint density at radius 3 is 1.71 bits per heavy atom. The van der Waals surface area contributed by atoms with E-state index in [-0.39, 0.29) is 18.9 Å². The smallest absolute Gasteiger partial charge is 0.477 e. The monoisotopic (exact) mass is 198 g/mol. The van der Waals surface area contributed by atoms with Crippen molar-refractivity contribution in [3.8, 4) is 0 Å². The molecule has 4 nitrogen and oxygen atoms in total. The Morgan fingerprint density at radius 2 is 1.57 bits per heavy atom. The maximum Gasteiger partial charge on any atom is 1.00 e. The van der Waals surface area contributed by atoms with Crippen molar-refractivity contribution in [2.45, 2.75) is 33.5 Å². The van der Waals surface area contributed by atoms with E-state index >= 15 is 0 Å². The third kappa shape index (κ3) is 14.5. The van der Waals surface area contributed by atoms with Gasteiger partial charge in [-0.15, -0.1) is 0 Å². The normalized spacial score (nSPS) is 8.64. The molecule has 0 rings (SSSR count). The number of ether oxygens (including phenoxy) is 2. The summed E-state index contributed by atoms with van der Waals surface area (Å²) in [5.74, 6) is -1.08. The Morgan fingerprint density at radius 1 is 1.29 bits per heavy atom. The summed E-state index contributed by atoms with van der Waals surface area (Å²) in [6.45, 7) is 9.62. The van der Waals surface area contributed by atoms with Crippen LogP contribution in [0.5, 0.6) is 0 Å². The van der Waals surface area contributed by atoms with Crippen molar-refractivity contribution in [3.63, 3.8) is 0 Å². The fraction of sp³-hybridized carbons (Fsp3) is 0.778. The van der Waals surface area contributed by atoms with E-state index in [0.717, 1.165) is 6.42 Å². The Balaban J connectivity index is -0.000000267. The number of carboxylic acid groups (broad SMARTS) is 1. The second-order valence-electron chi connectivity index (χ2n) is 2.08. The molecular weight excluding hydrogens is 179 g/mol. The number of aliphatic carboxylic acids is 1. The van der Waals surface area contributed by atoms with E-state index in [0.29, 0.717) is 13.2 Å². The van der Waals surface area contributed by atoms with Crippen LogP contribution in [0.2, 0.25) is 0 Å². The van der Waals surface area contributed by atoms with Crippen molar-refractivity contribution < 1.29 is 38.2 Å². The van der Waals surface area contributed by atoms with Gasteiger partial charge in [-0.1, -0.05) is 6.92 Å². The Kier molecular flexibility index (Phi) is 21.6. The van der Waals surface area contributed by atoms with E-state index in [1.807, 2.05) is 6.92 Å². The molecular formula is C9H19LiO4. The minimum Gasteiger partial charge on any atom is -0.477 e. The summed E-state index contributed by atoms with van der Waals surface area (Å²) in [7, 11) is 0. The van der Waals surface area contributed by atoms with Gasteiger partial charge in [0.25, 0.3) is 6.29 Å². The maximum absolute atomic E-state index is 10.2. The third-order valence-corrected chi connectivity index (χ3v) is 0.838. The molecule has 14 heavy (non-hydrogen) atoms. The van der Waals surface area contributed by atoms with Crippen LogP contribution in [-0.4, -0.2) is 30.6 Å². The average Bonchev–Trinajstić information content (AvgIpc) is 2.05. The quantitative estimate of drug-likeness (QED) is 0.339. The molecule has 1 N–H and O–H groups in total. The molecule has 0 aliphatic heterocycles. The zero-order valence-corrected chi connectivity index (χ0v) is 9.58. The van der Waals surface area contributed by atoms with Crippen LogP contribution in [0.4, 0.5) is 0 Å². The fourth-order valence-corrected chi connectivity index (χ4v) is 0.493. The van der Waals surface area contributed by atoms with Gasteiger partial charge in [0, 0.05) is 13.2 Å². The molecule has 0 amide bonds. The van der Waals surface area contributed by atoms with Gasteiger partial charge in [0.05, 0.1) is 0 Å². The van der Waals surface area contributed by atoms with Crippen LogP contribution in [0.1, 0.15) is 27.2 Å². The van der Waals surface area contributed by atoms with Gasteiger partial charge in [-0.25, -0.2) is 4.79 Å². The molecule has 0 atom stereocenters. The van der Waals surface area contributed by atoms with Crippen LogP contribution in [0.15, 0.2) is 0 Å². The van der Waals surface area contributed by atoms with E-state index in [4.69, 9.17) is 14.6 Å². The van der Waals surface area contributed by atoms with Gasteiger partial charge in [-0.05, 0) is 13.8 Å². The van der Waals surface area contributed by atoms with Crippen molar-refractivity contribution in [1.82, 2.24) is 0 Å². The van der Waals surface area contributed by atoms with E-state index < -0.39 is 12.3 Å². The van der Waals surface area contributed by atoms with Crippen molar-refractivity contribution in [1.29, 1.82) is 0 Å². The molecule has 0 fully saturated rings. The summed E-state index contributed by atoms with van der Waals surface area (Å²) in [6, 6.07) is 0. The molecule has 0 spiro atoms. The minimum absolute atomic E-state index is 0. The van der Waals surface area contributed by atoms with Crippen LogP contribution in [-0.2, 0) is 14.3 Å². The zero-order valence-electron chi connectivity index (χ0n) is 9.58. The molecule has 0 saturated carbocycles. The first kappa shape index (κ1) is 19.5. The average molecular weight is 198 g/mol. The van der Waals surface area contributed by atoms with Gasteiger partial charge in [0.2, 0.25) is 0 Å². The number of carbonyl (C=O) groups is 1. The van der Waals surface area contributed by atoms with Crippen molar-refractivity contribution in [2.24, 2.45) is 0 Å². The van der Waals surface area contributed by atoms with Gasteiger partial charge in [-0.2, -0.15) is 6.42 Å². The molecule has 0 heterocycles. The fourth-order valence-electron chi connectivity index (χ4n) is 0.493. The number of hydrogen-bond acceptors (Lipinski definition) is 3. The van der Waals surface area contributed by atoms with Crippen LogP contribution < -0.4 is 18.9 Å². The molecule has 5 heteroatoms. The Bertz CT molecular complexity index is 113. The molecule has 0 unspecified atom stereocenters. The van der Waals surface area contributed by atoms with Crippen LogP contribution in [0.3, 0.4) is 0 Å².